The lowest BCUT2D eigenvalue weighted by Crippen LogP contribution is -2.31. The minimum atomic E-state index is -3.97. The molecule has 0 bridgehead atoms. The molecular formula is C12H18BrClN2O5S. The predicted octanol–water partition coefficient (Wildman–Crippen LogP) is 2.22. The van der Waals surface area contributed by atoms with Gasteiger partial charge in [-0.05, 0) is 32.9 Å². The van der Waals surface area contributed by atoms with Gasteiger partial charge in [0.05, 0.1) is 4.90 Å². The number of hydrogen-bond acceptors (Lipinski definition) is 6. The van der Waals surface area contributed by atoms with Gasteiger partial charge in [-0.2, -0.15) is 0 Å². The summed E-state index contributed by atoms with van der Waals surface area (Å²) in [6.07, 6.45) is -1.11. The molecule has 1 rings (SSSR count). The van der Waals surface area contributed by atoms with Crippen molar-refractivity contribution in [1.29, 1.82) is 0 Å². The minimum Gasteiger partial charge on any atom is -0.432 e. The monoisotopic (exact) mass is 416 g/mol. The van der Waals surface area contributed by atoms with E-state index in [1.54, 1.807) is 23.1 Å². The molecule has 0 aromatic heterocycles. The fourth-order valence-electron chi connectivity index (χ4n) is 1.31. The lowest BCUT2D eigenvalue weighted by molar-refractivity contribution is 0.0397. The molecule has 0 aliphatic rings. The number of halogens is 2. The van der Waals surface area contributed by atoms with E-state index in [9.17, 15) is 13.2 Å². The molecule has 22 heavy (non-hydrogen) atoms. The number of nitrogens with one attached hydrogen (secondary N) is 2. The van der Waals surface area contributed by atoms with Crippen LogP contribution in [0.2, 0.25) is 0 Å². The Bertz CT molecular complexity index is 583. The summed E-state index contributed by atoms with van der Waals surface area (Å²) in [7, 11) is -3.97. The lowest BCUT2D eigenvalue weighted by Gasteiger charge is -2.10. The van der Waals surface area contributed by atoms with Crippen LogP contribution in [0.5, 0.6) is 0 Å². The third-order valence-corrected chi connectivity index (χ3v) is 4.43. The smallest absolute Gasteiger partial charge is 0.432 e. The van der Waals surface area contributed by atoms with Gasteiger partial charge >= 0.3 is 6.16 Å². The van der Waals surface area contributed by atoms with E-state index in [1.165, 1.54) is 6.07 Å². The predicted molar refractivity (Wildman–Crippen MR) is 87.3 cm³/mol. The second kappa shape index (κ2) is 10.0. The van der Waals surface area contributed by atoms with Crippen molar-refractivity contribution in [3.8, 4) is 0 Å². The highest BCUT2D eigenvalue weighted by molar-refractivity contribution is 9.10. The molecule has 2 N–H and O–H groups in total. The second-order valence-corrected chi connectivity index (χ2v) is 6.79. The Morgan fingerprint density at radius 2 is 1.95 bits per heavy atom. The molecule has 1 aromatic rings. The zero-order chi connectivity index (χ0) is 15.9. The van der Waals surface area contributed by atoms with E-state index in [2.05, 4.69) is 26.1 Å². The highest BCUT2D eigenvalue weighted by Gasteiger charge is 2.19. The molecule has 126 valence electrons. The molecular weight excluding hydrogens is 400 g/mol. The van der Waals surface area contributed by atoms with Crippen molar-refractivity contribution in [3.63, 3.8) is 0 Å². The Morgan fingerprint density at radius 1 is 1.32 bits per heavy atom. The molecule has 0 radical (unpaired) electrons. The lowest BCUT2D eigenvalue weighted by atomic mass is 10.4. The van der Waals surface area contributed by atoms with Crippen molar-refractivity contribution in [3.05, 3.63) is 28.7 Å². The van der Waals surface area contributed by atoms with Gasteiger partial charge in [0.25, 0.3) is 10.0 Å². The van der Waals surface area contributed by atoms with Gasteiger partial charge < -0.3 is 14.9 Å². The van der Waals surface area contributed by atoms with Gasteiger partial charge in [0.15, 0.2) is 0 Å². The second-order valence-electron chi connectivity index (χ2n) is 4.33. The maximum Gasteiger partial charge on any atom is 0.528 e. The highest BCUT2D eigenvalue weighted by Crippen LogP contribution is 2.20. The highest BCUT2D eigenvalue weighted by atomic mass is 79.9. The summed E-state index contributed by atoms with van der Waals surface area (Å²) in [6.45, 7) is 4.42. The van der Waals surface area contributed by atoms with E-state index >= 15 is 0 Å². The summed E-state index contributed by atoms with van der Waals surface area (Å²) in [6, 6.07) is 6.41. The van der Waals surface area contributed by atoms with Crippen LogP contribution >= 0.6 is 28.3 Å². The van der Waals surface area contributed by atoms with Crippen molar-refractivity contribution < 1.29 is 22.8 Å². The Balaban J connectivity index is 0.00000441. The first-order chi connectivity index (χ1) is 9.83. The van der Waals surface area contributed by atoms with E-state index in [-0.39, 0.29) is 30.0 Å². The molecule has 0 spiro atoms. The third kappa shape index (κ3) is 7.41. The maximum atomic E-state index is 11.9. The maximum absolute atomic E-state index is 11.9. The molecule has 1 aromatic carbocycles. The van der Waals surface area contributed by atoms with Gasteiger partial charge in [-0.3, -0.25) is 0 Å². The molecule has 0 unspecified atom stereocenters. The zero-order valence-corrected chi connectivity index (χ0v) is 15.3. The van der Waals surface area contributed by atoms with Crippen LogP contribution in [-0.4, -0.2) is 33.8 Å². The van der Waals surface area contributed by atoms with Crippen molar-refractivity contribution in [2.24, 2.45) is 0 Å². The molecule has 0 amide bonds. The third-order valence-electron chi connectivity index (χ3n) is 2.24. The Hall–Kier alpha value is -0.870. The molecule has 0 aliphatic heterocycles. The van der Waals surface area contributed by atoms with Gasteiger partial charge in [-0.25, -0.2) is 13.2 Å². The van der Waals surface area contributed by atoms with Crippen LogP contribution in [0, 0.1) is 0 Å². The van der Waals surface area contributed by atoms with Gasteiger partial charge in [0.2, 0.25) is 0 Å². The largest absolute Gasteiger partial charge is 0.528 e. The van der Waals surface area contributed by atoms with Gasteiger partial charge in [0.1, 0.15) is 6.61 Å². The van der Waals surface area contributed by atoms with Crippen molar-refractivity contribution in [2.75, 3.05) is 13.2 Å². The number of carbonyl (C=O) groups excluding carboxylic acids is 1. The first kappa shape index (κ1) is 21.1. The van der Waals surface area contributed by atoms with E-state index < -0.39 is 16.2 Å². The van der Waals surface area contributed by atoms with E-state index in [0.717, 1.165) is 0 Å². The quantitative estimate of drug-likeness (QED) is 0.401. The molecule has 0 aliphatic carbocycles. The number of carbonyl (C=O) groups is 1. The summed E-state index contributed by atoms with van der Waals surface area (Å²) in [4.78, 5) is 17.3. The molecule has 0 atom stereocenters. The topological polar surface area (TPSA) is 93.7 Å². The van der Waals surface area contributed by atoms with Crippen molar-refractivity contribution in [1.82, 2.24) is 10.2 Å². The molecule has 0 fully saturated rings. The number of benzene rings is 1. The van der Waals surface area contributed by atoms with Crippen LogP contribution < -0.4 is 10.2 Å². The summed E-state index contributed by atoms with van der Waals surface area (Å²) >= 11 is 3.10. The molecule has 7 nitrogen and oxygen atoms in total. The fourth-order valence-corrected chi connectivity index (χ4v) is 3.08. The zero-order valence-electron chi connectivity index (χ0n) is 12.0. The van der Waals surface area contributed by atoms with Crippen molar-refractivity contribution in [2.45, 2.75) is 24.8 Å². The normalized spacial score (nSPS) is 10.9. The average Bonchev–Trinajstić information content (AvgIpc) is 2.41. The van der Waals surface area contributed by atoms with Crippen molar-refractivity contribution >= 4 is 44.5 Å². The van der Waals surface area contributed by atoms with E-state index in [4.69, 9.17) is 4.74 Å². The SMILES string of the molecule is CC(C)NCCOC(=O)ONS(=O)(=O)c1ccccc1Br.Cl. The summed E-state index contributed by atoms with van der Waals surface area (Å²) < 4.78 is 28.8. The van der Waals surface area contributed by atoms with Crippen LogP contribution in [0.4, 0.5) is 4.79 Å². The standard InChI is InChI=1S/C12H17BrN2O5S.ClH/c1-9(2)14-7-8-19-12(16)20-15-21(17,18)11-6-4-3-5-10(11)13;/h3-6,9,14-15H,7-8H2,1-2H3;1H. The Kier molecular flexibility index (Phi) is 9.61. The molecule has 0 heterocycles. The minimum absolute atomic E-state index is 0. The van der Waals surface area contributed by atoms with Gasteiger partial charge in [-0.1, -0.05) is 26.0 Å². The number of hydrogen-bond donors (Lipinski definition) is 2. The van der Waals surface area contributed by atoms with Gasteiger partial charge in [0, 0.05) is 17.1 Å². The molecule has 10 heteroatoms. The summed E-state index contributed by atoms with van der Waals surface area (Å²) in [5, 5.41) is 3.03. The number of sulfonamides is 1. The first-order valence-corrected chi connectivity index (χ1v) is 8.44. The summed E-state index contributed by atoms with van der Waals surface area (Å²) in [5.74, 6) is 0. The molecule has 0 saturated carbocycles. The van der Waals surface area contributed by atoms with E-state index in [1.807, 2.05) is 13.8 Å². The van der Waals surface area contributed by atoms with Crippen LogP contribution in [0.3, 0.4) is 0 Å². The Labute approximate surface area is 144 Å². The van der Waals surface area contributed by atoms with Crippen LogP contribution in [0.1, 0.15) is 13.8 Å². The average molecular weight is 418 g/mol. The van der Waals surface area contributed by atoms with Crippen LogP contribution in [-0.2, 0) is 19.6 Å². The van der Waals surface area contributed by atoms with Gasteiger partial charge in [-0.15, -0.1) is 12.4 Å². The summed E-state index contributed by atoms with van der Waals surface area (Å²) in [5.41, 5.74) is 0. The fraction of sp³-hybridized carbons (Fsp3) is 0.417. The number of ether oxygens (including phenoxy) is 1. The Morgan fingerprint density at radius 3 is 2.55 bits per heavy atom. The van der Waals surface area contributed by atoms with Crippen LogP contribution in [0.15, 0.2) is 33.6 Å². The molecule has 0 saturated heterocycles. The first-order valence-electron chi connectivity index (χ1n) is 6.16. The number of rotatable bonds is 7. The van der Waals surface area contributed by atoms with E-state index in [0.29, 0.717) is 11.0 Å². The van der Waals surface area contributed by atoms with Crippen LogP contribution in [0.25, 0.3) is 0 Å².